The predicted octanol–water partition coefficient (Wildman–Crippen LogP) is 1.65. The summed E-state index contributed by atoms with van der Waals surface area (Å²) in [5.41, 5.74) is 0. The molecule has 4 heteroatoms. The van der Waals surface area contributed by atoms with Crippen molar-refractivity contribution < 1.29 is 9.53 Å². The van der Waals surface area contributed by atoms with Crippen LogP contribution in [-0.4, -0.2) is 49.7 Å². The van der Waals surface area contributed by atoms with E-state index in [9.17, 15) is 4.79 Å². The van der Waals surface area contributed by atoms with Gasteiger partial charge in [0.15, 0.2) is 0 Å². The quantitative estimate of drug-likeness (QED) is 0.763. The molecule has 0 aromatic carbocycles. The van der Waals surface area contributed by atoms with Crippen LogP contribution in [0.3, 0.4) is 0 Å². The van der Waals surface area contributed by atoms with E-state index >= 15 is 0 Å². The second kappa shape index (κ2) is 7.25. The van der Waals surface area contributed by atoms with E-state index < -0.39 is 0 Å². The van der Waals surface area contributed by atoms with Crippen molar-refractivity contribution in [2.45, 2.75) is 45.6 Å². The maximum Gasteiger partial charge on any atom is 0.222 e. The van der Waals surface area contributed by atoms with Crippen molar-refractivity contribution in [2.24, 2.45) is 11.8 Å². The number of carbonyl (C=O) groups is 1. The summed E-state index contributed by atoms with van der Waals surface area (Å²) in [7, 11) is 0. The third kappa shape index (κ3) is 3.93. The van der Waals surface area contributed by atoms with Gasteiger partial charge in [-0.3, -0.25) is 4.79 Å². The number of hydrogen-bond acceptors (Lipinski definition) is 3. The van der Waals surface area contributed by atoms with E-state index in [1.807, 2.05) is 0 Å². The van der Waals surface area contributed by atoms with Gasteiger partial charge in [0.2, 0.25) is 5.91 Å². The van der Waals surface area contributed by atoms with Crippen molar-refractivity contribution >= 4 is 5.91 Å². The molecule has 2 heterocycles. The van der Waals surface area contributed by atoms with Gasteiger partial charge in [0.05, 0.1) is 6.61 Å². The molecule has 2 saturated heterocycles. The summed E-state index contributed by atoms with van der Waals surface area (Å²) in [4.78, 5) is 14.2. The van der Waals surface area contributed by atoms with Gasteiger partial charge in [0.25, 0.3) is 0 Å². The summed E-state index contributed by atoms with van der Waals surface area (Å²) in [6.07, 6.45) is 4.24. The molecule has 0 radical (unpaired) electrons. The zero-order valence-corrected chi connectivity index (χ0v) is 12.4. The zero-order valence-electron chi connectivity index (χ0n) is 12.4. The van der Waals surface area contributed by atoms with Crippen molar-refractivity contribution in [3.63, 3.8) is 0 Å². The van der Waals surface area contributed by atoms with E-state index in [1.54, 1.807) is 0 Å². The van der Waals surface area contributed by atoms with Crippen molar-refractivity contribution in [3.8, 4) is 0 Å². The largest absolute Gasteiger partial charge is 0.381 e. The number of nitrogens with one attached hydrogen (secondary N) is 1. The number of hydrogen-bond donors (Lipinski definition) is 1. The average molecular weight is 268 g/mol. The Morgan fingerprint density at radius 2 is 2.32 bits per heavy atom. The van der Waals surface area contributed by atoms with Crippen LogP contribution in [0.5, 0.6) is 0 Å². The van der Waals surface area contributed by atoms with E-state index in [0.29, 0.717) is 23.8 Å². The summed E-state index contributed by atoms with van der Waals surface area (Å²) >= 11 is 0. The van der Waals surface area contributed by atoms with Gasteiger partial charge in [0, 0.05) is 38.1 Å². The Kier molecular flexibility index (Phi) is 5.64. The van der Waals surface area contributed by atoms with E-state index in [1.165, 1.54) is 12.8 Å². The van der Waals surface area contributed by atoms with Crippen LogP contribution in [0.15, 0.2) is 0 Å². The molecule has 4 nitrogen and oxygen atoms in total. The van der Waals surface area contributed by atoms with Crippen LogP contribution < -0.4 is 5.32 Å². The van der Waals surface area contributed by atoms with Crippen LogP contribution >= 0.6 is 0 Å². The van der Waals surface area contributed by atoms with Gasteiger partial charge in [-0.25, -0.2) is 0 Å². The summed E-state index contributed by atoms with van der Waals surface area (Å²) in [5, 5.41) is 3.54. The highest BCUT2D eigenvalue weighted by molar-refractivity contribution is 5.78. The third-order valence-corrected chi connectivity index (χ3v) is 4.41. The van der Waals surface area contributed by atoms with Crippen molar-refractivity contribution in [1.82, 2.24) is 10.2 Å². The minimum absolute atomic E-state index is 0.347. The third-order valence-electron chi connectivity index (χ3n) is 4.41. The molecule has 2 aliphatic rings. The Balaban J connectivity index is 1.87. The number of likely N-dealkylation sites (tertiary alicyclic amines) is 1. The van der Waals surface area contributed by atoms with Crippen LogP contribution in [0.4, 0.5) is 0 Å². The minimum atomic E-state index is 0.347. The van der Waals surface area contributed by atoms with Gasteiger partial charge < -0.3 is 15.0 Å². The van der Waals surface area contributed by atoms with E-state index in [0.717, 1.165) is 45.7 Å². The van der Waals surface area contributed by atoms with Gasteiger partial charge in [-0.15, -0.1) is 0 Å². The summed E-state index contributed by atoms with van der Waals surface area (Å²) < 4.78 is 5.49. The van der Waals surface area contributed by atoms with Gasteiger partial charge in [-0.2, -0.15) is 0 Å². The maximum atomic E-state index is 12.1. The first-order valence-electron chi connectivity index (χ1n) is 7.83. The molecule has 2 aliphatic heterocycles. The molecule has 0 aromatic heterocycles. The Labute approximate surface area is 116 Å². The second-order valence-corrected chi connectivity index (χ2v) is 5.95. The molecule has 2 rings (SSSR count). The number of amides is 1. The molecule has 0 spiro atoms. The lowest BCUT2D eigenvalue weighted by Gasteiger charge is -2.28. The molecule has 2 fully saturated rings. The Morgan fingerprint density at radius 3 is 2.95 bits per heavy atom. The lowest BCUT2D eigenvalue weighted by molar-refractivity contribution is -0.128. The maximum absolute atomic E-state index is 12.1. The smallest absolute Gasteiger partial charge is 0.222 e. The average Bonchev–Trinajstić information content (AvgIpc) is 3.00. The van der Waals surface area contributed by atoms with Gasteiger partial charge in [0.1, 0.15) is 0 Å². The molecule has 110 valence electrons. The molecule has 19 heavy (non-hydrogen) atoms. The first-order valence-corrected chi connectivity index (χ1v) is 7.83. The van der Waals surface area contributed by atoms with Gasteiger partial charge >= 0.3 is 0 Å². The zero-order chi connectivity index (χ0) is 13.7. The fraction of sp³-hybridized carbons (Fsp3) is 0.933. The van der Waals surface area contributed by atoms with Gasteiger partial charge in [-0.1, -0.05) is 20.3 Å². The number of rotatable bonds is 7. The lowest BCUT2D eigenvalue weighted by Crippen LogP contribution is -2.46. The van der Waals surface area contributed by atoms with Gasteiger partial charge in [-0.05, 0) is 25.3 Å². The Hall–Kier alpha value is -0.610. The van der Waals surface area contributed by atoms with E-state index in [-0.39, 0.29) is 0 Å². The molecule has 0 bridgehead atoms. The number of likely N-dealkylation sites (N-methyl/N-ethyl adjacent to an activating group) is 1. The van der Waals surface area contributed by atoms with Crippen molar-refractivity contribution in [1.29, 1.82) is 0 Å². The lowest BCUT2D eigenvalue weighted by atomic mass is 9.98. The summed E-state index contributed by atoms with van der Waals surface area (Å²) in [6, 6.07) is 0.400. The summed E-state index contributed by atoms with van der Waals surface area (Å²) in [6.45, 7) is 8.83. The topological polar surface area (TPSA) is 41.6 Å². The second-order valence-electron chi connectivity index (χ2n) is 5.95. The molecular formula is C15H28N2O2. The molecule has 0 saturated carbocycles. The first-order chi connectivity index (χ1) is 9.24. The Bertz CT molecular complexity index is 290. The fourth-order valence-electron chi connectivity index (χ4n) is 3.38. The number of carbonyl (C=O) groups excluding carboxylic acids is 1. The minimum Gasteiger partial charge on any atom is -0.381 e. The SMILES string of the molecule is CCCC1CC(=O)N(CC(NCC)C2CCOC2)C1. The van der Waals surface area contributed by atoms with Crippen molar-refractivity contribution in [3.05, 3.63) is 0 Å². The monoisotopic (exact) mass is 268 g/mol. The highest BCUT2D eigenvalue weighted by atomic mass is 16.5. The number of ether oxygens (including phenoxy) is 1. The van der Waals surface area contributed by atoms with Crippen LogP contribution in [0.25, 0.3) is 0 Å². The molecule has 3 atom stereocenters. The molecule has 0 aromatic rings. The number of nitrogens with zero attached hydrogens (tertiary/aromatic N) is 1. The van der Waals surface area contributed by atoms with E-state index in [4.69, 9.17) is 4.74 Å². The molecule has 3 unspecified atom stereocenters. The van der Waals surface area contributed by atoms with Crippen molar-refractivity contribution in [2.75, 3.05) is 32.8 Å². The van der Waals surface area contributed by atoms with Crippen LogP contribution in [0, 0.1) is 11.8 Å². The first kappa shape index (κ1) is 14.8. The standard InChI is InChI=1S/C15H28N2O2/c1-3-5-12-8-15(18)17(9-12)10-14(16-4-2)13-6-7-19-11-13/h12-14,16H,3-11H2,1-2H3. The fourth-order valence-corrected chi connectivity index (χ4v) is 3.38. The van der Waals surface area contributed by atoms with Crippen LogP contribution in [-0.2, 0) is 9.53 Å². The molecule has 1 N–H and O–H groups in total. The normalized spacial score (nSPS) is 29.2. The molecular weight excluding hydrogens is 240 g/mol. The highest BCUT2D eigenvalue weighted by Crippen LogP contribution is 2.24. The Morgan fingerprint density at radius 1 is 1.47 bits per heavy atom. The molecule has 1 amide bonds. The van der Waals surface area contributed by atoms with Crippen LogP contribution in [0.2, 0.25) is 0 Å². The predicted molar refractivity (Wildman–Crippen MR) is 76.0 cm³/mol. The van der Waals surface area contributed by atoms with E-state index in [2.05, 4.69) is 24.1 Å². The summed E-state index contributed by atoms with van der Waals surface area (Å²) in [5.74, 6) is 1.50. The van der Waals surface area contributed by atoms with Crippen LogP contribution in [0.1, 0.15) is 39.5 Å². The molecule has 0 aliphatic carbocycles. The highest BCUT2D eigenvalue weighted by Gasteiger charge is 2.33.